The van der Waals surface area contributed by atoms with Gasteiger partial charge in [-0.05, 0) is 109 Å². The summed E-state index contributed by atoms with van der Waals surface area (Å²) >= 11 is 0. The quantitative estimate of drug-likeness (QED) is 0.108. The SMILES string of the molecule is C=C/C=C(/c1ccccn1)c1nc(-c2n[nH]c3ccc(-c4ccncc4)cc23)[nH]c1C.CC.Cc1cncc(-c2ccc3[nH]nc(-c4nc5nccc(-c6ccccn6)c5[nH]4)c3c2)c1. The molecular weight excluding hydrogens is 795 g/mol. The molecule has 0 amide bonds. The van der Waals surface area contributed by atoms with E-state index < -0.39 is 0 Å². The zero-order valence-corrected chi connectivity index (χ0v) is 35.7. The number of nitrogens with one attached hydrogen (secondary N) is 4. The van der Waals surface area contributed by atoms with E-state index in [4.69, 9.17) is 9.97 Å². The van der Waals surface area contributed by atoms with Crippen molar-refractivity contribution in [1.29, 1.82) is 0 Å². The average Bonchev–Trinajstić information content (AvgIpc) is 4.17. The number of H-pyrrole nitrogens is 4. The Morgan fingerprint density at radius 3 is 1.94 bits per heavy atom. The number of benzene rings is 2. The molecular formula is C51H43N13. The molecule has 0 saturated heterocycles. The van der Waals surface area contributed by atoms with Crippen LogP contribution >= 0.6 is 0 Å². The Morgan fingerprint density at radius 2 is 1.28 bits per heavy atom. The summed E-state index contributed by atoms with van der Waals surface area (Å²) in [7, 11) is 0. The molecule has 11 rings (SSSR count). The molecule has 0 fully saturated rings. The molecule has 4 N–H and O–H groups in total. The standard InChI is InChI=1S/C25H20N6.C24H17N7.C2H6/c1-3-6-19(21-7-4-5-12-27-21)23-16(2)28-25(29-23)24-20-15-18(8-9-22(20)30-31-24)17-10-13-26-14-11-17;1-14-10-16(13-25-12-14)15-5-6-20-18(11-15)22(31-30-20)24-28-21-17(7-9-27-23(21)29-24)19-4-2-3-8-26-19;1-2/h3-15H,1H2,2H3,(H,28,29)(H,30,31);2-13H,1H3,(H,30,31)(H,27,28,29);1-2H3/b19-6-;;. The van der Waals surface area contributed by atoms with E-state index >= 15 is 0 Å². The fourth-order valence-electron chi connectivity index (χ4n) is 7.52. The molecule has 0 saturated carbocycles. The molecule has 13 nitrogen and oxygen atoms in total. The maximum Gasteiger partial charge on any atom is 0.178 e. The number of nitrogens with zero attached hydrogens (tertiary/aromatic N) is 9. The number of pyridine rings is 5. The Labute approximate surface area is 368 Å². The number of aromatic amines is 4. The minimum Gasteiger partial charge on any atom is -0.340 e. The third-order valence-electron chi connectivity index (χ3n) is 10.5. The molecule has 64 heavy (non-hydrogen) atoms. The topological polar surface area (TPSA) is 179 Å². The van der Waals surface area contributed by atoms with Gasteiger partial charge in [0.05, 0.1) is 33.6 Å². The fraction of sp³-hybridized carbons (Fsp3) is 0.0784. The lowest BCUT2D eigenvalue weighted by Crippen LogP contribution is -1.93. The second-order valence-electron chi connectivity index (χ2n) is 14.6. The monoisotopic (exact) mass is 837 g/mol. The van der Waals surface area contributed by atoms with Crippen molar-refractivity contribution in [2.45, 2.75) is 27.7 Å². The van der Waals surface area contributed by atoms with Gasteiger partial charge in [0.25, 0.3) is 0 Å². The lowest BCUT2D eigenvalue weighted by atomic mass is 10.0. The highest BCUT2D eigenvalue weighted by Crippen LogP contribution is 2.34. The zero-order valence-electron chi connectivity index (χ0n) is 35.7. The summed E-state index contributed by atoms with van der Waals surface area (Å²) in [5, 5.41) is 17.3. The van der Waals surface area contributed by atoms with Crippen molar-refractivity contribution < 1.29 is 0 Å². The van der Waals surface area contributed by atoms with Crippen molar-refractivity contribution in [3.05, 3.63) is 182 Å². The minimum atomic E-state index is 0.633. The average molecular weight is 838 g/mol. The summed E-state index contributed by atoms with van der Waals surface area (Å²) in [5.74, 6) is 1.37. The Balaban J connectivity index is 0.000000156. The highest BCUT2D eigenvalue weighted by molar-refractivity contribution is 5.98. The van der Waals surface area contributed by atoms with Crippen molar-refractivity contribution in [1.82, 2.24) is 65.3 Å². The van der Waals surface area contributed by atoms with Crippen LogP contribution in [-0.4, -0.2) is 65.3 Å². The first kappa shape index (κ1) is 40.7. The number of aryl methyl sites for hydroxylation is 2. The van der Waals surface area contributed by atoms with Crippen LogP contribution in [-0.2, 0) is 0 Å². The van der Waals surface area contributed by atoms with E-state index in [1.807, 2.05) is 113 Å². The van der Waals surface area contributed by atoms with Gasteiger partial charge in [-0.3, -0.25) is 30.1 Å². The molecule has 312 valence electrons. The van der Waals surface area contributed by atoms with Gasteiger partial charge in [0.15, 0.2) is 17.3 Å². The summed E-state index contributed by atoms with van der Waals surface area (Å²) in [5.41, 5.74) is 15.7. The Hall–Kier alpha value is -8.71. The van der Waals surface area contributed by atoms with Crippen LogP contribution in [0.2, 0.25) is 0 Å². The Kier molecular flexibility index (Phi) is 11.5. The summed E-state index contributed by atoms with van der Waals surface area (Å²) in [6, 6.07) is 32.2. The van der Waals surface area contributed by atoms with E-state index in [-0.39, 0.29) is 0 Å². The first-order chi connectivity index (χ1) is 31.5. The molecule has 0 bridgehead atoms. The maximum absolute atomic E-state index is 4.90. The maximum atomic E-state index is 4.90. The van der Waals surface area contributed by atoms with Crippen molar-refractivity contribution in [3.8, 4) is 56.5 Å². The van der Waals surface area contributed by atoms with E-state index in [2.05, 4.69) is 92.2 Å². The molecule has 9 heterocycles. The van der Waals surface area contributed by atoms with Crippen LogP contribution in [0.15, 0.2) is 159 Å². The highest BCUT2D eigenvalue weighted by atomic mass is 15.1. The van der Waals surface area contributed by atoms with Gasteiger partial charge in [-0.15, -0.1) is 0 Å². The molecule has 0 atom stereocenters. The summed E-state index contributed by atoms with van der Waals surface area (Å²) in [6.07, 6.45) is 16.3. The molecule has 0 spiro atoms. The van der Waals surface area contributed by atoms with Gasteiger partial charge in [0.1, 0.15) is 11.4 Å². The number of allylic oxidation sites excluding steroid dienone is 2. The number of hydrogen-bond acceptors (Lipinski definition) is 9. The fourth-order valence-corrected chi connectivity index (χ4v) is 7.52. The van der Waals surface area contributed by atoms with Gasteiger partial charge < -0.3 is 9.97 Å². The van der Waals surface area contributed by atoms with Gasteiger partial charge in [0, 0.05) is 76.5 Å². The summed E-state index contributed by atoms with van der Waals surface area (Å²) < 4.78 is 0. The third kappa shape index (κ3) is 8.08. The number of fused-ring (bicyclic) bond motifs is 3. The molecule has 9 aromatic heterocycles. The van der Waals surface area contributed by atoms with E-state index in [0.717, 1.165) is 100 Å². The largest absolute Gasteiger partial charge is 0.340 e. The summed E-state index contributed by atoms with van der Waals surface area (Å²) in [4.78, 5) is 38.3. The van der Waals surface area contributed by atoms with Crippen molar-refractivity contribution in [2.75, 3.05) is 0 Å². The molecule has 13 heteroatoms. The van der Waals surface area contributed by atoms with Crippen molar-refractivity contribution >= 4 is 38.5 Å². The smallest absolute Gasteiger partial charge is 0.178 e. The van der Waals surface area contributed by atoms with Gasteiger partial charge in [-0.2, -0.15) is 10.2 Å². The van der Waals surface area contributed by atoms with Crippen LogP contribution in [0.5, 0.6) is 0 Å². The normalized spacial score (nSPS) is 11.3. The van der Waals surface area contributed by atoms with Crippen molar-refractivity contribution in [3.63, 3.8) is 0 Å². The minimum absolute atomic E-state index is 0.633. The Bertz CT molecular complexity index is 3400. The number of imidazole rings is 2. The third-order valence-corrected chi connectivity index (χ3v) is 10.5. The van der Waals surface area contributed by atoms with Crippen LogP contribution in [0.25, 0.3) is 95.1 Å². The van der Waals surface area contributed by atoms with Crippen LogP contribution in [0.4, 0.5) is 0 Å². The first-order valence-electron chi connectivity index (χ1n) is 20.9. The first-order valence-corrected chi connectivity index (χ1v) is 20.9. The van der Waals surface area contributed by atoms with Gasteiger partial charge in [0.2, 0.25) is 0 Å². The van der Waals surface area contributed by atoms with Crippen LogP contribution in [0.1, 0.15) is 36.5 Å². The predicted octanol–water partition coefficient (Wildman–Crippen LogP) is 11.3. The van der Waals surface area contributed by atoms with Crippen molar-refractivity contribution in [2.24, 2.45) is 0 Å². The molecule has 0 aliphatic heterocycles. The number of hydrogen-bond donors (Lipinski definition) is 4. The highest BCUT2D eigenvalue weighted by Gasteiger charge is 2.19. The van der Waals surface area contributed by atoms with Gasteiger partial charge in [-0.25, -0.2) is 15.0 Å². The van der Waals surface area contributed by atoms with E-state index in [0.29, 0.717) is 17.3 Å². The lowest BCUT2D eigenvalue weighted by Gasteiger charge is -2.04. The van der Waals surface area contributed by atoms with Crippen LogP contribution < -0.4 is 0 Å². The predicted molar refractivity (Wildman–Crippen MR) is 255 cm³/mol. The van der Waals surface area contributed by atoms with Gasteiger partial charge >= 0.3 is 0 Å². The van der Waals surface area contributed by atoms with Gasteiger partial charge in [-0.1, -0.05) is 56.8 Å². The second kappa shape index (κ2) is 18.1. The number of rotatable bonds is 8. The molecule has 2 aromatic carbocycles. The van der Waals surface area contributed by atoms with Crippen LogP contribution in [0.3, 0.4) is 0 Å². The molecule has 11 aromatic rings. The van der Waals surface area contributed by atoms with E-state index in [9.17, 15) is 0 Å². The molecule has 0 radical (unpaired) electrons. The molecule has 0 aliphatic carbocycles. The number of aromatic nitrogens is 13. The Morgan fingerprint density at radius 1 is 0.594 bits per heavy atom. The van der Waals surface area contributed by atoms with Crippen LogP contribution in [0, 0.1) is 13.8 Å². The van der Waals surface area contributed by atoms with E-state index in [1.165, 1.54) is 0 Å². The second-order valence-corrected chi connectivity index (χ2v) is 14.6. The zero-order chi connectivity index (χ0) is 44.0. The molecule has 0 aliphatic rings. The lowest BCUT2D eigenvalue weighted by molar-refractivity contribution is 1.10. The van der Waals surface area contributed by atoms with E-state index in [1.54, 1.807) is 37.1 Å². The molecule has 0 unspecified atom stereocenters. The summed E-state index contributed by atoms with van der Waals surface area (Å²) in [6.45, 7) is 11.9.